The number of hydrogen-bond acceptors (Lipinski definition) is 6. The second-order valence-electron chi connectivity index (χ2n) is 6.05. The minimum absolute atomic E-state index is 0.364. The van der Waals surface area contributed by atoms with Crippen LogP contribution in [-0.2, 0) is 14.3 Å². The number of nitrogens with one attached hydrogen (secondary N) is 2. The number of anilines is 1. The molecule has 0 spiro atoms. The van der Waals surface area contributed by atoms with Crippen molar-refractivity contribution in [1.82, 2.24) is 10.3 Å². The van der Waals surface area contributed by atoms with Gasteiger partial charge in [-0.25, -0.2) is 9.78 Å². The van der Waals surface area contributed by atoms with Crippen LogP contribution in [0.3, 0.4) is 0 Å². The maximum Gasteiger partial charge on any atom is 0.329 e. The van der Waals surface area contributed by atoms with Gasteiger partial charge in [0.05, 0.1) is 0 Å². The van der Waals surface area contributed by atoms with Crippen molar-refractivity contribution >= 4 is 35.4 Å². The van der Waals surface area contributed by atoms with Crippen molar-refractivity contribution in [2.45, 2.75) is 19.4 Å². The summed E-state index contributed by atoms with van der Waals surface area (Å²) < 4.78 is 5.10. The van der Waals surface area contributed by atoms with Crippen LogP contribution in [0.5, 0.6) is 0 Å². The molecule has 0 unspecified atom stereocenters. The summed E-state index contributed by atoms with van der Waals surface area (Å²) in [6, 6.07) is 11.3. The first-order valence-electron chi connectivity index (χ1n) is 8.73. The highest BCUT2D eigenvalue weighted by Gasteiger charge is 2.23. The Labute approximate surface area is 168 Å². The van der Waals surface area contributed by atoms with Gasteiger partial charge in [0, 0.05) is 11.8 Å². The van der Waals surface area contributed by atoms with Crippen LogP contribution in [0.1, 0.15) is 22.3 Å². The monoisotopic (exact) mass is 401 g/mol. The number of thioether (sulfide) groups is 1. The number of ether oxygens (including phenoxy) is 1. The van der Waals surface area contributed by atoms with Crippen molar-refractivity contribution in [2.24, 2.45) is 0 Å². The molecule has 1 atom stereocenters. The summed E-state index contributed by atoms with van der Waals surface area (Å²) in [5, 5.41) is 5.25. The molecule has 0 fully saturated rings. The zero-order chi connectivity index (χ0) is 20.4. The highest BCUT2D eigenvalue weighted by atomic mass is 32.2. The molecule has 0 radical (unpaired) electrons. The zero-order valence-electron chi connectivity index (χ0n) is 15.8. The molecule has 7 nitrogen and oxygen atoms in total. The van der Waals surface area contributed by atoms with Gasteiger partial charge in [-0.15, -0.1) is 0 Å². The summed E-state index contributed by atoms with van der Waals surface area (Å²) in [4.78, 5) is 40.7. The summed E-state index contributed by atoms with van der Waals surface area (Å²) in [6.45, 7) is 1.43. The number of nitrogens with zero attached hydrogens (tertiary/aromatic N) is 1. The van der Waals surface area contributed by atoms with Gasteiger partial charge in [-0.3, -0.25) is 9.59 Å². The van der Waals surface area contributed by atoms with E-state index in [1.165, 1.54) is 0 Å². The number of carbonyl (C=O) groups excluding carboxylic acids is 3. The number of rotatable bonds is 9. The first-order valence-corrected chi connectivity index (χ1v) is 10.1. The number of aryl methyl sites for hydroxylation is 1. The number of amides is 2. The lowest BCUT2D eigenvalue weighted by molar-refractivity contribution is -0.149. The summed E-state index contributed by atoms with van der Waals surface area (Å²) in [7, 11) is 0. The molecule has 1 heterocycles. The van der Waals surface area contributed by atoms with Crippen LogP contribution < -0.4 is 10.6 Å². The molecule has 2 N–H and O–H groups in total. The maximum atomic E-state index is 12.4. The molecule has 1 aromatic heterocycles. The third kappa shape index (κ3) is 7.03. The quantitative estimate of drug-likeness (QED) is 0.627. The molecule has 2 amide bonds. The smallest absolute Gasteiger partial charge is 0.329 e. The average molecular weight is 401 g/mol. The van der Waals surface area contributed by atoms with E-state index in [0.29, 0.717) is 23.6 Å². The van der Waals surface area contributed by atoms with Crippen molar-refractivity contribution in [3.8, 4) is 0 Å². The third-order valence-electron chi connectivity index (χ3n) is 3.76. The van der Waals surface area contributed by atoms with Crippen molar-refractivity contribution in [3.05, 3.63) is 59.8 Å². The minimum Gasteiger partial charge on any atom is -0.454 e. The Balaban J connectivity index is 1.90. The van der Waals surface area contributed by atoms with Crippen LogP contribution in [0.4, 0.5) is 5.82 Å². The molecule has 0 aliphatic carbocycles. The molecule has 0 aliphatic heterocycles. The fourth-order valence-corrected chi connectivity index (χ4v) is 2.81. The molecule has 2 rings (SSSR count). The normalized spacial score (nSPS) is 11.4. The molecule has 148 valence electrons. The van der Waals surface area contributed by atoms with Gasteiger partial charge in [0.1, 0.15) is 11.9 Å². The van der Waals surface area contributed by atoms with Gasteiger partial charge in [0.15, 0.2) is 6.61 Å². The summed E-state index contributed by atoms with van der Waals surface area (Å²) in [5.41, 5.74) is 1.40. The van der Waals surface area contributed by atoms with Gasteiger partial charge in [-0.05, 0) is 55.2 Å². The van der Waals surface area contributed by atoms with Gasteiger partial charge >= 0.3 is 5.97 Å². The van der Waals surface area contributed by atoms with Gasteiger partial charge in [-0.2, -0.15) is 11.8 Å². The number of hydrogen-bond donors (Lipinski definition) is 2. The summed E-state index contributed by atoms with van der Waals surface area (Å²) in [5.74, 6) is -0.460. The van der Waals surface area contributed by atoms with Gasteiger partial charge in [-0.1, -0.05) is 18.2 Å². The third-order valence-corrected chi connectivity index (χ3v) is 4.41. The van der Waals surface area contributed by atoms with Crippen molar-refractivity contribution in [2.75, 3.05) is 23.9 Å². The second kappa shape index (κ2) is 11.1. The highest BCUT2D eigenvalue weighted by molar-refractivity contribution is 7.98. The van der Waals surface area contributed by atoms with Crippen LogP contribution in [0.2, 0.25) is 0 Å². The van der Waals surface area contributed by atoms with E-state index in [1.807, 2.05) is 13.2 Å². The Morgan fingerprint density at radius 1 is 1.18 bits per heavy atom. The van der Waals surface area contributed by atoms with E-state index in [9.17, 15) is 14.4 Å². The average Bonchev–Trinajstić information content (AvgIpc) is 2.69. The molecule has 28 heavy (non-hydrogen) atoms. The van der Waals surface area contributed by atoms with E-state index in [2.05, 4.69) is 15.6 Å². The SMILES string of the molecule is CSCC[C@H](NC(=O)c1ccccc1)C(=O)OCC(=O)Nc1cc(C)ccn1. The van der Waals surface area contributed by atoms with Crippen molar-refractivity contribution in [3.63, 3.8) is 0 Å². The number of benzene rings is 1. The molecule has 0 aliphatic rings. The molecule has 1 aromatic carbocycles. The van der Waals surface area contributed by atoms with E-state index in [1.54, 1.807) is 60.4 Å². The van der Waals surface area contributed by atoms with E-state index >= 15 is 0 Å². The fraction of sp³-hybridized carbons (Fsp3) is 0.300. The summed E-state index contributed by atoms with van der Waals surface area (Å²) >= 11 is 1.55. The molecule has 0 saturated carbocycles. The Bertz CT molecular complexity index is 814. The van der Waals surface area contributed by atoms with Crippen LogP contribution in [-0.4, -0.2) is 47.4 Å². The molecular weight excluding hydrogens is 378 g/mol. The van der Waals surface area contributed by atoms with Crippen LogP contribution >= 0.6 is 11.8 Å². The van der Waals surface area contributed by atoms with Crippen molar-refractivity contribution in [1.29, 1.82) is 0 Å². The molecule has 0 bridgehead atoms. The number of pyridine rings is 1. The van der Waals surface area contributed by atoms with Gasteiger partial charge in [0.2, 0.25) is 0 Å². The molecular formula is C20H23N3O4S. The Kier molecular flexibility index (Phi) is 8.48. The van der Waals surface area contributed by atoms with E-state index in [0.717, 1.165) is 5.56 Å². The molecule has 2 aromatic rings. The van der Waals surface area contributed by atoms with Crippen LogP contribution in [0.25, 0.3) is 0 Å². The predicted molar refractivity (Wildman–Crippen MR) is 109 cm³/mol. The summed E-state index contributed by atoms with van der Waals surface area (Å²) in [6.07, 6.45) is 3.89. The predicted octanol–water partition coefficient (Wildman–Crippen LogP) is 2.42. The topological polar surface area (TPSA) is 97.4 Å². The van der Waals surface area contributed by atoms with E-state index in [4.69, 9.17) is 4.74 Å². The first-order chi connectivity index (χ1) is 13.5. The Hall–Kier alpha value is -2.87. The zero-order valence-corrected chi connectivity index (χ0v) is 16.6. The second-order valence-corrected chi connectivity index (χ2v) is 7.03. The number of esters is 1. The lowest BCUT2D eigenvalue weighted by Crippen LogP contribution is -2.43. The number of aromatic nitrogens is 1. The number of carbonyl (C=O) groups is 3. The Morgan fingerprint density at radius 2 is 1.93 bits per heavy atom. The van der Waals surface area contributed by atoms with Gasteiger partial charge in [0.25, 0.3) is 11.8 Å². The minimum atomic E-state index is -0.829. The lowest BCUT2D eigenvalue weighted by atomic mass is 10.1. The van der Waals surface area contributed by atoms with Gasteiger partial charge < -0.3 is 15.4 Å². The maximum absolute atomic E-state index is 12.4. The Morgan fingerprint density at radius 3 is 2.61 bits per heavy atom. The first kappa shape index (κ1) is 21.4. The lowest BCUT2D eigenvalue weighted by Gasteiger charge is -2.17. The molecule has 0 saturated heterocycles. The standard InChI is InChI=1S/C20H23N3O4S/c1-14-8-10-21-17(12-14)23-18(24)13-27-20(26)16(9-11-28-2)22-19(25)15-6-4-3-5-7-15/h3-8,10,12,16H,9,11,13H2,1-2H3,(H,22,25)(H,21,23,24)/t16-/m0/s1. The van der Waals surface area contributed by atoms with E-state index < -0.39 is 24.5 Å². The van der Waals surface area contributed by atoms with Crippen LogP contribution in [0, 0.1) is 6.92 Å². The highest BCUT2D eigenvalue weighted by Crippen LogP contribution is 2.07. The van der Waals surface area contributed by atoms with Crippen LogP contribution in [0.15, 0.2) is 48.7 Å². The largest absolute Gasteiger partial charge is 0.454 e. The molecule has 8 heteroatoms. The van der Waals surface area contributed by atoms with E-state index in [-0.39, 0.29) is 5.91 Å². The van der Waals surface area contributed by atoms with Crippen molar-refractivity contribution < 1.29 is 19.1 Å². The fourth-order valence-electron chi connectivity index (χ4n) is 2.34.